The Morgan fingerprint density at radius 3 is 1.47 bits per heavy atom. The third-order valence-electron chi connectivity index (χ3n) is 6.35. The first-order valence-corrected chi connectivity index (χ1v) is 15.7. The molecule has 0 saturated heterocycles. The third-order valence-corrected chi connectivity index (χ3v) is 15.9. The van der Waals surface area contributed by atoms with E-state index in [1.54, 1.807) is 0 Å². The van der Waals surface area contributed by atoms with E-state index in [-0.39, 0.29) is 16.7 Å². The van der Waals surface area contributed by atoms with Crippen LogP contribution in [0.4, 0.5) is 0 Å². The van der Waals surface area contributed by atoms with Gasteiger partial charge in [0.05, 0.1) is 19.3 Å². The van der Waals surface area contributed by atoms with Crippen LogP contribution in [0.25, 0.3) is 0 Å². The van der Waals surface area contributed by atoms with E-state index in [2.05, 4.69) is 103 Å². The van der Waals surface area contributed by atoms with Crippen LogP contribution >= 0.6 is 0 Å². The van der Waals surface area contributed by atoms with Crippen LogP contribution in [0, 0.1) is 0 Å². The molecule has 0 heterocycles. The maximum absolute atomic E-state index is 10.8. The van der Waals surface area contributed by atoms with Gasteiger partial charge < -0.3 is 14.0 Å². The van der Waals surface area contributed by atoms with E-state index >= 15 is 0 Å². The van der Waals surface area contributed by atoms with Gasteiger partial charge >= 0.3 is 0 Å². The van der Waals surface area contributed by atoms with Crippen LogP contribution in [0.5, 0.6) is 0 Å². The molecule has 0 saturated carbocycles. The average Bonchev–Trinajstić information content (AvgIpc) is 2.66. The van der Waals surface area contributed by atoms with E-state index in [1.807, 2.05) is 12.1 Å². The second kappa shape index (κ2) is 9.49. The first kappa shape index (κ1) is 25.0. The first-order chi connectivity index (χ1) is 13.8. The summed E-state index contributed by atoms with van der Waals surface area (Å²) in [6, 6.07) is 21.1. The second-order valence-corrected chi connectivity index (χ2v) is 19.8. The van der Waals surface area contributed by atoms with Gasteiger partial charge in [0, 0.05) is 0 Å². The molecule has 0 aliphatic rings. The highest BCUT2D eigenvalue weighted by molar-refractivity contribution is 6.99. The van der Waals surface area contributed by atoms with Gasteiger partial charge in [-0.05, 0) is 33.5 Å². The molecule has 0 fully saturated rings. The molecule has 2 aromatic carbocycles. The zero-order chi connectivity index (χ0) is 22.6. The van der Waals surface area contributed by atoms with Crippen molar-refractivity contribution in [2.24, 2.45) is 0 Å². The molecule has 30 heavy (non-hydrogen) atoms. The van der Waals surface area contributed by atoms with E-state index < -0.39 is 22.7 Å². The van der Waals surface area contributed by atoms with E-state index in [0.29, 0.717) is 6.61 Å². The lowest BCUT2D eigenvalue weighted by Crippen LogP contribution is -2.67. The van der Waals surface area contributed by atoms with Gasteiger partial charge in [-0.3, -0.25) is 0 Å². The minimum absolute atomic E-state index is 0.101. The lowest BCUT2D eigenvalue weighted by Gasteiger charge is -2.43. The van der Waals surface area contributed by atoms with E-state index in [9.17, 15) is 5.11 Å². The highest BCUT2D eigenvalue weighted by Gasteiger charge is 2.50. The molecule has 1 atom stereocenters. The first-order valence-electron chi connectivity index (χ1n) is 10.9. The summed E-state index contributed by atoms with van der Waals surface area (Å²) in [7, 11) is -4.54. The van der Waals surface area contributed by atoms with Crippen molar-refractivity contribution in [3.05, 3.63) is 60.7 Å². The fourth-order valence-electron chi connectivity index (χ4n) is 3.55. The molecule has 0 amide bonds. The predicted octanol–water partition coefficient (Wildman–Crippen LogP) is 4.95. The summed E-state index contributed by atoms with van der Waals surface area (Å²) in [5, 5.41) is 13.3. The zero-order valence-corrected chi connectivity index (χ0v) is 22.0. The topological polar surface area (TPSA) is 38.7 Å². The lowest BCUT2D eigenvalue weighted by molar-refractivity contribution is 0.0542. The van der Waals surface area contributed by atoms with Crippen molar-refractivity contribution in [2.75, 3.05) is 13.2 Å². The monoisotopic (exact) mass is 444 g/mol. The Balaban J connectivity index is 2.31. The van der Waals surface area contributed by atoms with Crippen molar-refractivity contribution in [3.63, 3.8) is 0 Å². The Morgan fingerprint density at radius 1 is 0.700 bits per heavy atom. The summed E-state index contributed by atoms with van der Waals surface area (Å²) in [6.45, 7) is 18.4. The van der Waals surface area contributed by atoms with Gasteiger partial charge in [0.15, 0.2) is 8.32 Å². The normalized spacial score (nSPS) is 14.6. The van der Waals surface area contributed by atoms with Crippen LogP contribution < -0.4 is 10.4 Å². The molecule has 5 heteroatoms. The Labute approximate surface area is 185 Å². The van der Waals surface area contributed by atoms with Crippen LogP contribution in [-0.2, 0) is 8.85 Å². The van der Waals surface area contributed by atoms with Crippen LogP contribution in [0.3, 0.4) is 0 Å². The lowest BCUT2D eigenvalue weighted by atomic mass is 10.2. The van der Waals surface area contributed by atoms with Crippen molar-refractivity contribution in [3.8, 4) is 0 Å². The van der Waals surface area contributed by atoms with Crippen molar-refractivity contribution < 1.29 is 14.0 Å². The number of rotatable bonds is 8. The van der Waals surface area contributed by atoms with Crippen LogP contribution in [0.1, 0.15) is 41.5 Å². The average molecular weight is 445 g/mol. The predicted molar refractivity (Wildman–Crippen MR) is 133 cm³/mol. The summed E-state index contributed by atoms with van der Waals surface area (Å²) in [5.74, 6) is 0. The molecule has 0 aromatic heterocycles. The maximum atomic E-state index is 10.8. The molecule has 0 bridgehead atoms. The standard InChI is InChI=1S/C25H40O3Si2/c1-24(2,3)29(7,8)27-19-21(26)20-28-30(25(4,5)6,22-15-11-9-12-16-22)23-17-13-10-14-18-23/h9-18,21,26H,19-20H2,1-8H3/t21-/m0/s1. The van der Waals surface area contributed by atoms with Crippen molar-refractivity contribution in [1.82, 2.24) is 0 Å². The molecular formula is C25H40O3Si2. The molecule has 3 nitrogen and oxygen atoms in total. The Morgan fingerprint density at radius 2 is 1.10 bits per heavy atom. The van der Waals surface area contributed by atoms with E-state index in [4.69, 9.17) is 8.85 Å². The largest absolute Gasteiger partial charge is 0.414 e. The van der Waals surface area contributed by atoms with Crippen LogP contribution in [-0.4, -0.2) is 41.1 Å². The van der Waals surface area contributed by atoms with Gasteiger partial charge in [-0.2, -0.15) is 0 Å². The zero-order valence-electron chi connectivity index (χ0n) is 20.0. The minimum atomic E-state index is -2.63. The molecule has 0 radical (unpaired) electrons. The maximum Gasteiger partial charge on any atom is 0.261 e. The number of benzene rings is 2. The number of hydrogen-bond donors (Lipinski definition) is 1. The van der Waals surface area contributed by atoms with Crippen molar-refractivity contribution in [1.29, 1.82) is 0 Å². The molecule has 2 rings (SSSR count). The van der Waals surface area contributed by atoms with Gasteiger partial charge in [-0.1, -0.05) is 102 Å². The summed E-state index contributed by atoms with van der Waals surface area (Å²) in [4.78, 5) is 0. The third kappa shape index (κ3) is 5.51. The van der Waals surface area contributed by atoms with Crippen LogP contribution in [0.15, 0.2) is 60.7 Å². The number of aliphatic hydroxyl groups excluding tert-OH is 1. The van der Waals surface area contributed by atoms with E-state index in [1.165, 1.54) is 10.4 Å². The molecule has 0 unspecified atom stereocenters. The minimum Gasteiger partial charge on any atom is -0.414 e. The Hall–Kier alpha value is -1.25. The molecule has 1 N–H and O–H groups in total. The SMILES string of the molecule is CC(C)(C)[Si](C)(C)OC[C@H](O)CO[Si](c1ccccc1)(c1ccccc1)C(C)(C)C. The summed E-state index contributed by atoms with van der Waals surface area (Å²) < 4.78 is 13.0. The highest BCUT2D eigenvalue weighted by Crippen LogP contribution is 2.38. The number of aliphatic hydroxyl groups is 1. The highest BCUT2D eigenvalue weighted by atomic mass is 28.4. The van der Waals surface area contributed by atoms with Crippen LogP contribution in [0.2, 0.25) is 23.2 Å². The van der Waals surface area contributed by atoms with Crippen molar-refractivity contribution in [2.45, 2.75) is 70.8 Å². The van der Waals surface area contributed by atoms with Crippen molar-refractivity contribution >= 4 is 27.0 Å². The van der Waals surface area contributed by atoms with Gasteiger partial charge in [0.25, 0.3) is 8.32 Å². The molecule has 0 aliphatic carbocycles. The fourth-order valence-corrected chi connectivity index (χ4v) is 9.19. The summed E-state index contributed by atoms with van der Waals surface area (Å²) in [6.07, 6.45) is -0.652. The molecular weight excluding hydrogens is 404 g/mol. The van der Waals surface area contributed by atoms with Gasteiger partial charge in [0.2, 0.25) is 0 Å². The molecule has 166 valence electrons. The van der Waals surface area contributed by atoms with Gasteiger partial charge in [-0.15, -0.1) is 0 Å². The Kier molecular flexibility index (Phi) is 7.91. The Bertz CT molecular complexity index is 738. The van der Waals surface area contributed by atoms with E-state index in [0.717, 1.165) is 0 Å². The smallest absolute Gasteiger partial charge is 0.261 e. The quantitative estimate of drug-likeness (QED) is 0.586. The van der Waals surface area contributed by atoms with Gasteiger partial charge in [-0.25, -0.2) is 0 Å². The summed E-state index contributed by atoms with van der Waals surface area (Å²) >= 11 is 0. The second-order valence-electron chi connectivity index (χ2n) is 10.7. The number of hydrogen-bond acceptors (Lipinski definition) is 3. The molecule has 0 aliphatic heterocycles. The molecule has 2 aromatic rings. The van der Waals surface area contributed by atoms with Gasteiger partial charge in [0.1, 0.15) is 0 Å². The fraction of sp³-hybridized carbons (Fsp3) is 0.520. The molecule has 0 spiro atoms. The summed E-state index contributed by atoms with van der Waals surface area (Å²) in [5.41, 5.74) is 0.